The number of nitrogens with one attached hydrogen (secondary N) is 1. The second-order valence-electron chi connectivity index (χ2n) is 8.96. The summed E-state index contributed by atoms with van der Waals surface area (Å²) < 4.78 is 11.4. The largest absolute Gasteiger partial charge is 0.493 e. The Morgan fingerprint density at radius 1 is 0.973 bits per heavy atom. The highest BCUT2D eigenvalue weighted by atomic mass is 16.5. The summed E-state index contributed by atoms with van der Waals surface area (Å²) in [5.74, 6) is -0.580. The molecule has 7 heteroatoms. The topological polar surface area (TPSA) is 88.1 Å². The van der Waals surface area contributed by atoms with Crippen LogP contribution in [-0.2, 0) is 9.53 Å². The van der Waals surface area contributed by atoms with Crippen molar-refractivity contribution in [3.8, 4) is 16.9 Å². The van der Waals surface area contributed by atoms with Gasteiger partial charge in [-0.2, -0.15) is 0 Å². The molecule has 0 aliphatic rings. The van der Waals surface area contributed by atoms with Crippen molar-refractivity contribution >= 4 is 23.8 Å². The van der Waals surface area contributed by atoms with E-state index in [2.05, 4.69) is 19.2 Å². The first-order valence-corrected chi connectivity index (χ1v) is 13.4. The number of hydrogen-bond acceptors (Lipinski definition) is 4. The Morgan fingerprint density at radius 2 is 1.73 bits per heavy atom. The number of amides is 2. The SMILES string of the molecule is CCCCCCCNC(=O)N(C)c1cccc(-c2ccc(/C=C(/OCC)C(=O)O)cc2OCCCC)c1. The van der Waals surface area contributed by atoms with Gasteiger partial charge in [0.25, 0.3) is 0 Å². The van der Waals surface area contributed by atoms with Gasteiger partial charge in [-0.1, -0.05) is 70.2 Å². The number of aliphatic carboxylic acids is 1. The molecular formula is C30H42N2O5. The number of unbranched alkanes of at least 4 members (excludes halogenated alkanes) is 5. The third-order valence-corrected chi connectivity index (χ3v) is 5.98. The van der Waals surface area contributed by atoms with E-state index in [-0.39, 0.29) is 18.4 Å². The van der Waals surface area contributed by atoms with Gasteiger partial charge < -0.3 is 19.9 Å². The minimum atomic E-state index is -1.12. The zero-order chi connectivity index (χ0) is 27.0. The standard InChI is InChI=1S/C30H42N2O5/c1-5-8-10-11-12-18-31-30(35)32(4)25-15-13-14-24(22-25)26-17-16-23(20-27(26)37-19-9-6-2)21-28(29(33)34)36-7-3/h13-17,20-22H,5-12,18-19H2,1-4H3,(H,31,35)(H,33,34)/b28-21+. The highest BCUT2D eigenvalue weighted by Crippen LogP contribution is 2.34. The smallest absolute Gasteiger partial charge is 0.371 e. The molecule has 0 saturated heterocycles. The summed E-state index contributed by atoms with van der Waals surface area (Å²) in [4.78, 5) is 25.8. The quantitative estimate of drug-likeness (QED) is 0.143. The summed E-state index contributed by atoms with van der Waals surface area (Å²) in [5, 5.41) is 12.4. The second-order valence-corrected chi connectivity index (χ2v) is 8.96. The van der Waals surface area contributed by atoms with Crippen LogP contribution in [0.2, 0.25) is 0 Å². The molecule has 2 amide bonds. The van der Waals surface area contributed by atoms with E-state index in [0.29, 0.717) is 24.5 Å². The highest BCUT2D eigenvalue weighted by Gasteiger charge is 2.14. The van der Waals surface area contributed by atoms with Gasteiger partial charge in [0.15, 0.2) is 0 Å². The van der Waals surface area contributed by atoms with Crippen LogP contribution in [0.25, 0.3) is 17.2 Å². The maximum atomic E-state index is 12.7. The molecule has 0 radical (unpaired) electrons. The molecule has 7 nitrogen and oxygen atoms in total. The van der Waals surface area contributed by atoms with Crippen LogP contribution in [0.15, 0.2) is 48.2 Å². The molecule has 2 aromatic carbocycles. The Bertz CT molecular complexity index is 1030. The number of carbonyl (C=O) groups is 2. The molecule has 0 unspecified atom stereocenters. The zero-order valence-corrected chi connectivity index (χ0v) is 22.7. The van der Waals surface area contributed by atoms with E-state index in [1.807, 2.05) is 42.5 Å². The van der Waals surface area contributed by atoms with Gasteiger partial charge in [-0.25, -0.2) is 9.59 Å². The van der Waals surface area contributed by atoms with E-state index in [4.69, 9.17) is 9.47 Å². The summed E-state index contributed by atoms with van der Waals surface area (Å²) in [6.07, 6.45) is 9.13. The number of nitrogens with zero attached hydrogens (tertiary/aromatic N) is 1. The number of ether oxygens (including phenoxy) is 2. The summed E-state index contributed by atoms with van der Waals surface area (Å²) in [6.45, 7) is 7.51. The number of benzene rings is 2. The van der Waals surface area contributed by atoms with Crippen molar-refractivity contribution in [1.82, 2.24) is 5.32 Å². The van der Waals surface area contributed by atoms with Crippen molar-refractivity contribution in [1.29, 1.82) is 0 Å². The van der Waals surface area contributed by atoms with Gasteiger partial charge in [0, 0.05) is 24.8 Å². The molecule has 0 saturated carbocycles. The van der Waals surface area contributed by atoms with Crippen LogP contribution in [0.4, 0.5) is 10.5 Å². The molecule has 37 heavy (non-hydrogen) atoms. The highest BCUT2D eigenvalue weighted by molar-refractivity contribution is 5.92. The third kappa shape index (κ3) is 9.83. The molecule has 0 aliphatic heterocycles. The maximum Gasteiger partial charge on any atom is 0.371 e. The minimum Gasteiger partial charge on any atom is -0.493 e. The molecule has 0 aliphatic carbocycles. The lowest BCUT2D eigenvalue weighted by molar-refractivity contribution is -0.136. The first kappa shape index (κ1) is 29.7. The Hall–Kier alpha value is -3.48. The predicted molar refractivity (Wildman–Crippen MR) is 150 cm³/mol. The number of rotatable bonds is 16. The average molecular weight is 511 g/mol. The molecule has 0 fully saturated rings. The number of urea groups is 1. The van der Waals surface area contributed by atoms with Crippen molar-refractivity contribution in [3.05, 3.63) is 53.8 Å². The lowest BCUT2D eigenvalue weighted by Gasteiger charge is -2.20. The molecule has 2 rings (SSSR count). The zero-order valence-electron chi connectivity index (χ0n) is 22.7. The van der Waals surface area contributed by atoms with Crippen LogP contribution >= 0.6 is 0 Å². The molecule has 202 valence electrons. The molecule has 0 atom stereocenters. The Morgan fingerprint density at radius 3 is 2.43 bits per heavy atom. The summed E-state index contributed by atoms with van der Waals surface area (Å²) in [7, 11) is 1.76. The summed E-state index contributed by atoms with van der Waals surface area (Å²) in [6, 6.07) is 13.2. The fourth-order valence-electron chi connectivity index (χ4n) is 3.83. The van der Waals surface area contributed by atoms with E-state index >= 15 is 0 Å². The minimum absolute atomic E-state index is 0.116. The van der Waals surface area contributed by atoms with Gasteiger partial charge in [0.05, 0.1) is 13.2 Å². The third-order valence-electron chi connectivity index (χ3n) is 5.98. The molecule has 2 N–H and O–H groups in total. The lowest BCUT2D eigenvalue weighted by Crippen LogP contribution is -2.37. The first-order chi connectivity index (χ1) is 17.9. The van der Waals surface area contributed by atoms with Crippen LogP contribution in [-0.4, -0.2) is 43.9 Å². The van der Waals surface area contributed by atoms with E-state index in [9.17, 15) is 14.7 Å². The number of carbonyl (C=O) groups excluding carboxylic acids is 1. The average Bonchev–Trinajstić information content (AvgIpc) is 2.90. The van der Waals surface area contributed by atoms with Crippen molar-refractivity contribution < 1.29 is 24.2 Å². The molecule has 0 bridgehead atoms. The normalized spacial score (nSPS) is 11.2. The summed E-state index contributed by atoms with van der Waals surface area (Å²) in [5.41, 5.74) is 3.22. The number of carboxylic acids is 1. The van der Waals surface area contributed by atoms with Crippen LogP contribution in [0.5, 0.6) is 5.75 Å². The predicted octanol–water partition coefficient (Wildman–Crippen LogP) is 7.11. The van der Waals surface area contributed by atoms with E-state index in [1.54, 1.807) is 18.9 Å². The van der Waals surface area contributed by atoms with Crippen LogP contribution in [0, 0.1) is 0 Å². The number of hydrogen-bond donors (Lipinski definition) is 2. The van der Waals surface area contributed by atoms with Gasteiger partial charge in [-0.15, -0.1) is 0 Å². The number of anilines is 1. The lowest BCUT2D eigenvalue weighted by atomic mass is 10.0. The fourth-order valence-corrected chi connectivity index (χ4v) is 3.83. The molecule has 0 heterocycles. The molecule has 2 aromatic rings. The fraction of sp³-hybridized carbons (Fsp3) is 0.467. The van der Waals surface area contributed by atoms with Gasteiger partial charge in [0.1, 0.15) is 5.75 Å². The van der Waals surface area contributed by atoms with Crippen molar-refractivity contribution in [3.63, 3.8) is 0 Å². The van der Waals surface area contributed by atoms with Crippen molar-refractivity contribution in [2.45, 2.75) is 65.7 Å². The Labute approximate surface area is 221 Å². The second kappa shape index (κ2) is 16.3. The molecule has 0 spiro atoms. The molecule has 0 aromatic heterocycles. The Kier molecular flexibility index (Phi) is 13.1. The Balaban J connectivity index is 2.25. The van der Waals surface area contributed by atoms with Gasteiger partial charge >= 0.3 is 12.0 Å². The van der Waals surface area contributed by atoms with Crippen molar-refractivity contribution in [2.75, 3.05) is 31.7 Å². The van der Waals surface area contributed by atoms with Crippen LogP contribution in [0.1, 0.15) is 71.3 Å². The van der Waals surface area contributed by atoms with Gasteiger partial charge in [0.2, 0.25) is 5.76 Å². The van der Waals surface area contributed by atoms with Gasteiger partial charge in [-0.05, 0) is 55.2 Å². The van der Waals surface area contributed by atoms with Crippen LogP contribution in [0.3, 0.4) is 0 Å². The monoisotopic (exact) mass is 510 g/mol. The van der Waals surface area contributed by atoms with E-state index < -0.39 is 5.97 Å². The maximum absolute atomic E-state index is 12.7. The first-order valence-electron chi connectivity index (χ1n) is 13.4. The van der Waals surface area contributed by atoms with Crippen LogP contribution < -0.4 is 15.0 Å². The van der Waals surface area contributed by atoms with Gasteiger partial charge in [-0.3, -0.25) is 4.90 Å². The van der Waals surface area contributed by atoms with Crippen molar-refractivity contribution in [2.24, 2.45) is 0 Å². The summed E-state index contributed by atoms with van der Waals surface area (Å²) >= 11 is 0. The van der Waals surface area contributed by atoms with E-state index in [0.717, 1.165) is 42.5 Å². The number of carboxylic acid groups (broad SMARTS) is 1. The van der Waals surface area contributed by atoms with E-state index in [1.165, 1.54) is 25.3 Å². The molecular weight excluding hydrogens is 468 g/mol.